The lowest BCUT2D eigenvalue weighted by Crippen LogP contribution is -2.45. The number of carbonyl (C=O) groups excluding carboxylic acids is 2. The summed E-state index contributed by atoms with van der Waals surface area (Å²) in [6.45, 7) is 4.10. The molecule has 0 aliphatic carbocycles. The van der Waals surface area contributed by atoms with E-state index in [0.29, 0.717) is 5.95 Å². The van der Waals surface area contributed by atoms with E-state index in [1.54, 1.807) is 0 Å². The Balaban J connectivity index is 1.78. The largest absolute Gasteiger partial charge is 0.469 e. The van der Waals surface area contributed by atoms with Gasteiger partial charge in [0.2, 0.25) is 17.8 Å². The lowest BCUT2D eigenvalue weighted by molar-refractivity contribution is -0.143. The molecule has 2 heterocycles. The first-order valence-electron chi connectivity index (χ1n) is 7.90. The van der Waals surface area contributed by atoms with Crippen molar-refractivity contribution in [2.24, 2.45) is 10.9 Å². The summed E-state index contributed by atoms with van der Waals surface area (Å²) in [5, 5.41) is 6.54. The Hall–Kier alpha value is -3.03. The summed E-state index contributed by atoms with van der Waals surface area (Å²) in [5.74, 6) is -0.606. The second kappa shape index (κ2) is 6.84. The molecule has 3 rings (SSSR count). The summed E-state index contributed by atoms with van der Waals surface area (Å²) in [4.78, 5) is 36.5. The third-order valence-electron chi connectivity index (χ3n) is 4.00. The van der Waals surface area contributed by atoms with Gasteiger partial charge in [-0.15, -0.1) is 0 Å². The van der Waals surface area contributed by atoms with Crippen LogP contribution in [-0.2, 0) is 14.3 Å². The molecule has 130 valence electrons. The van der Waals surface area contributed by atoms with Crippen molar-refractivity contribution in [3.63, 3.8) is 0 Å². The monoisotopic (exact) mass is 341 g/mol. The Bertz CT molecular complexity index is 878. The highest BCUT2D eigenvalue weighted by molar-refractivity contribution is 6.06. The number of nitrogens with zero attached hydrogens (tertiary/aromatic N) is 3. The lowest BCUT2D eigenvalue weighted by Gasteiger charge is -2.21. The number of fused-ring (bicyclic) bond motifs is 1. The molecular formula is C17H19N5O3. The standard InChI is InChI=1S/C17H19N5O3/c1-9-4-5-12-10(2)19-17(20-13(12)6-9)22-16-18-8-11(15(24)21-16)7-14(23)25-3/h4-6,11H,7-8H2,1-3H3,(H2,18,19,20,21,22,24). The SMILES string of the molecule is COC(=O)CC1CN=C(Nc2nc(C)c3ccc(C)cc3n2)NC1=O. The van der Waals surface area contributed by atoms with Crippen LogP contribution in [0.3, 0.4) is 0 Å². The van der Waals surface area contributed by atoms with Gasteiger partial charge in [-0.1, -0.05) is 12.1 Å². The van der Waals surface area contributed by atoms with Gasteiger partial charge < -0.3 is 4.74 Å². The summed E-state index contributed by atoms with van der Waals surface area (Å²) in [5.41, 5.74) is 2.76. The number of ether oxygens (including phenoxy) is 1. The number of aliphatic imine (C=N–C) groups is 1. The molecule has 1 atom stereocenters. The second-order valence-corrected chi connectivity index (χ2v) is 5.93. The zero-order chi connectivity index (χ0) is 18.0. The van der Waals surface area contributed by atoms with Gasteiger partial charge in [-0.3, -0.25) is 25.2 Å². The molecule has 0 spiro atoms. The molecule has 1 aliphatic heterocycles. The molecular weight excluding hydrogens is 322 g/mol. The van der Waals surface area contributed by atoms with E-state index in [0.717, 1.165) is 22.2 Å². The van der Waals surface area contributed by atoms with Crippen molar-refractivity contribution in [3.05, 3.63) is 29.5 Å². The van der Waals surface area contributed by atoms with Crippen molar-refractivity contribution in [1.82, 2.24) is 15.3 Å². The highest BCUT2D eigenvalue weighted by atomic mass is 16.5. The van der Waals surface area contributed by atoms with E-state index >= 15 is 0 Å². The predicted octanol–water partition coefficient (Wildman–Crippen LogP) is 1.32. The first-order valence-corrected chi connectivity index (χ1v) is 7.90. The smallest absolute Gasteiger partial charge is 0.306 e. The van der Waals surface area contributed by atoms with Crippen LogP contribution in [0.5, 0.6) is 0 Å². The molecule has 1 aromatic carbocycles. The number of aryl methyl sites for hydroxylation is 2. The molecule has 0 fully saturated rings. The van der Waals surface area contributed by atoms with Gasteiger partial charge in [0.1, 0.15) is 0 Å². The zero-order valence-corrected chi connectivity index (χ0v) is 14.3. The molecule has 2 aromatic rings. The molecule has 2 N–H and O–H groups in total. The number of methoxy groups -OCH3 is 1. The third kappa shape index (κ3) is 3.73. The van der Waals surface area contributed by atoms with Gasteiger partial charge in [-0.2, -0.15) is 0 Å². The number of rotatable bonds is 3. The highest BCUT2D eigenvalue weighted by Gasteiger charge is 2.27. The minimum atomic E-state index is -0.528. The first-order chi connectivity index (χ1) is 12.0. The van der Waals surface area contributed by atoms with E-state index < -0.39 is 11.9 Å². The van der Waals surface area contributed by atoms with Crippen molar-refractivity contribution in [2.75, 3.05) is 19.0 Å². The number of carbonyl (C=O) groups is 2. The number of hydrogen-bond donors (Lipinski definition) is 2. The number of guanidine groups is 1. The van der Waals surface area contributed by atoms with E-state index in [1.165, 1.54) is 7.11 Å². The maximum Gasteiger partial charge on any atom is 0.306 e. The molecule has 0 saturated carbocycles. The van der Waals surface area contributed by atoms with Crippen molar-refractivity contribution in [2.45, 2.75) is 20.3 Å². The van der Waals surface area contributed by atoms with Gasteiger partial charge >= 0.3 is 5.97 Å². The minimum Gasteiger partial charge on any atom is -0.469 e. The Kier molecular flexibility index (Phi) is 4.60. The van der Waals surface area contributed by atoms with Crippen LogP contribution in [0.25, 0.3) is 10.9 Å². The van der Waals surface area contributed by atoms with Crippen molar-refractivity contribution >= 4 is 34.7 Å². The van der Waals surface area contributed by atoms with E-state index in [4.69, 9.17) is 0 Å². The van der Waals surface area contributed by atoms with Gasteiger partial charge in [0.05, 0.1) is 37.2 Å². The fourth-order valence-electron chi connectivity index (χ4n) is 2.62. The molecule has 1 aromatic heterocycles. The first kappa shape index (κ1) is 16.8. The van der Waals surface area contributed by atoms with Crippen molar-refractivity contribution < 1.29 is 14.3 Å². The Morgan fingerprint density at radius 3 is 2.88 bits per heavy atom. The molecule has 1 unspecified atom stereocenters. The van der Waals surface area contributed by atoms with Crippen molar-refractivity contribution in [3.8, 4) is 0 Å². The summed E-state index contributed by atoms with van der Waals surface area (Å²) >= 11 is 0. The average molecular weight is 341 g/mol. The third-order valence-corrected chi connectivity index (χ3v) is 4.00. The number of esters is 1. The molecule has 25 heavy (non-hydrogen) atoms. The van der Waals surface area contributed by atoms with Gasteiger partial charge in [0.15, 0.2) is 0 Å². The second-order valence-electron chi connectivity index (χ2n) is 5.93. The maximum absolute atomic E-state index is 12.1. The number of aromatic nitrogens is 2. The topological polar surface area (TPSA) is 106 Å². The quantitative estimate of drug-likeness (QED) is 0.816. The maximum atomic E-state index is 12.1. The van der Waals surface area contributed by atoms with E-state index in [1.807, 2.05) is 32.0 Å². The van der Waals surface area contributed by atoms with Crippen LogP contribution in [0.4, 0.5) is 5.95 Å². The van der Waals surface area contributed by atoms with Gasteiger partial charge in [-0.25, -0.2) is 9.97 Å². The number of benzene rings is 1. The number of anilines is 1. The molecule has 8 nitrogen and oxygen atoms in total. The van der Waals surface area contributed by atoms with E-state index in [2.05, 4.69) is 30.3 Å². The highest BCUT2D eigenvalue weighted by Crippen LogP contribution is 2.19. The van der Waals surface area contributed by atoms with E-state index in [-0.39, 0.29) is 24.8 Å². The van der Waals surface area contributed by atoms with Gasteiger partial charge in [0.25, 0.3) is 0 Å². The summed E-state index contributed by atoms with van der Waals surface area (Å²) < 4.78 is 4.58. The molecule has 0 bridgehead atoms. The summed E-state index contributed by atoms with van der Waals surface area (Å²) in [7, 11) is 1.29. The molecule has 0 radical (unpaired) electrons. The van der Waals surface area contributed by atoms with Crippen LogP contribution in [0, 0.1) is 19.8 Å². The lowest BCUT2D eigenvalue weighted by atomic mass is 10.0. The van der Waals surface area contributed by atoms with Gasteiger partial charge in [0, 0.05) is 5.39 Å². The number of nitrogens with one attached hydrogen (secondary N) is 2. The van der Waals surface area contributed by atoms with Crippen LogP contribution >= 0.6 is 0 Å². The average Bonchev–Trinajstić information content (AvgIpc) is 2.56. The van der Waals surface area contributed by atoms with Crippen LogP contribution in [0.2, 0.25) is 0 Å². The van der Waals surface area contributed by atoms with Crippen molar-refractivity contribution in [1.29, 1.82) is 0 Å². The fourth-order valence-corrected chi connectivity index (χ4v) is 2.62. The summed E-state index contributed by atoms with van der Waals surface area (Å²) in [6, 6.07) is 5.97. The van der Waals surface area contributed by atoms with Crippen LogP contribution in [0.15, 0.2) is 23.2 Å². The predicted molar refractivity (Wildman–Crippen MR) is 93.2 cm³/mol. The number of hydrogen-bond acceptors (Lipinski definition) is 7. The minimum absolute atomic E-state index is 0.00394. The zero-order valence-electron chi connectivity index (χ0n) is 14.3. The molecule has 1 aliphatic rings. The Morgan fingerprint density at radius 2 is 2.16 bits per heavy atom. The number of amides is 1. The van der Waals surface area contributed by atoms with Crippen LogP contribution in [0.1, 0.15) is 17.7 Å². The molecule has 0 saturated heterocycles. The molecule has 8 heteroatoms. The summed E-state index contributed by atoms with van der Waals surface area (Å²) in [6.07, 6.45) is 0.00394. The van der Waals surface area contributed by atoms with Crippen LogP contribution < -0.4 is 10.6 Å². The Labute approximate surface area is 144 Å². The fraction of sp³-hybridized carbons (Fsp3) is 0.353. The van der Waals surface area contributed by atoms with Gasteiger partial charge in [-0.05, 0) is 25.5 Å². The van der Waals surface area contributed by atoms with E-state index in [9.17, 15) is 9.59 Å². The van der Waals surface area contributed by atoms with Crippen LogP contribution in [-0.4, -0.2) is 41.5 Å². The normalized spacial score (nSPS) is 17.0. The Morgan fingerprint density at radius 1 is 1.36 bits per heavy atom. The molecule has 1 amide bonds.